The average molecular weight is 279 g/mol. The van der Waals surface area contributed by atoms with Gasteiger partial charge in [0.05, 0.1) is 10.7 Å². The highest BCUT2D eigenvalue weighted by Gasteiger charge is 2.31. The summed E-state index contributed by atoms with van der Waals surface area (Å²) in [6.07, 6.45) is 3.45. The van der Waals surface area contributed by atoms with Crippen molar-refractivity contribution in [2.45, 2.75) is 32.7 Å². The second-order valence-corrected chi connectivity index (χ2v) is 6.65. The fourth-order valence-corrected chi connectivity index (χ4v) is 3.35. The molecule has 1 saturated heterocycles. The number of thiazole rings is 1. The van der Waals surface area contributed by atoms with Crippen molar-refractivity contribution in [3.8, 4) is 0 Å². The van der Waals surface area contributed by atoms with Crippen molar-refractivity contribution in [2.75, 3.05) is 26.2 Å². The number of hydrogen-bond acceptors (Lipinski definition) is 4. The summed E-state index contributed by atoms with van der Waals surface area (Å²) in [5.74, 6) is 0.739. The highest BCUT2D eigenvalue weighted by atomic mass is 32.1. The van der Waals surface area contributed by atoms with Crippen LogP contribution in [0, 0.1) is 12.8 Å². The Hall–Kier alpha value is -0.940. The van der Waals surface area contributed by atoms with Crippen LogP contribution in [0.1, 0.15) is 30.0 Å². The van der Waals surface area contributed by atoms with Crippen molar-refractivity contribution in [1.82, 2.24) is 14.8 Å². The van der Waals surface area contributed by atoms with Crippen LogP contribution in [-0.4, -0.2) is 46.9 Å². The van der Waals surface area contributed by atoms with Crippen molar-refractivity contribution in [1.29, 1.82) is 0 Å². The molecular formula is C14H21N3OS. The summed E-state index contributed by atoms with van der Waals surface area (Å²) >= 11 is 1.71. The zero-order chi connectivity index (χ0) is 13.2. The first-order valence-corrected chi connectivity index (χ1v) is 8.02. The number of carbonyl (C=O) groups excluding carboxylic acids is 1. The van der Waals surface area contributed by atoms with E-state index in [-0.39, 0.29) is 0 Å². The predicted octanol–water partition coefficient (Wildman–Crippen LogP) is 1.90. The van der Waals surface area contributed by atoms with Gasteiger partial charge in [-0.3, -0.25) is 9.69 Å². The van der Waals surface area contributed by atoms with Gasteiger partial charge in [0.1, 0.15) is 0 Å². The first-order valence-electron chi connectivity index (χ1n) is 7.14. The molecule has 2 heterocycles. The molecule has 0 radical (unpaired) electrons. The lowest BCUT2D eigenvalue weighted by Crippen LogP contribution is -2.50. The smallest absolute Gasteiger partial charge is 0.225 e. The first kappa shape index (κ1) is 13.1. The highest BCUT2D eigenvalue weighted by molar-refractivity contribution is 7.09. The van der Waals surface area contributed by atoms with Gasteiger partial charge in [0, 0.05) is 44.0 Å². The van der Waals surface area contributed by atoms with Crippen molar-refractivity contribution in [3.63, 3.8) is 0 Å². The molecule has 4 nitrogen and oxygen atoms in total. The molecular weight excluding hydrogens is 258 g/mol. The molecule has 19 heavy (non-hydrogen) atoms. The molecule has 0 aromatic carbocycles. The molecule has 0 bridgehead atoms. The van der Waals surface area contributed by atoms with Crippen LogP contribution >= 0.6 is 11.3 Å². The van der Waals surface area contributed by atoms with Gasteiger partial charge in [0.15, 0.2) is 0 Å². The monoisotopic (exact) mass is 279 g/mol. The molecule has 2 aliphatic rings. The summed E-state index contributed by atoms with van der Waals surface area (Å²) in [5, 5.41) is 3.27. The average Bonchev–Trinajstić information content (AvgIpc) is 2.73. The normalized spacial score (nSPS) is 21.4. The maximum Gasteiger partial charge on any atom is 0.225 e. The summed E-state index contributed by atoms with van der Waals surface area (Å²) in [6.45, 7) is 6.71. The fourth-order valence-electron chi connectivity index (χ4n) is 2.75. The van der Waals surface area contributed by atoms with Crippen LogP contribution < -0.4 is 0 Å². The van der Waals surface area contributed by atoms with E-state index >= 15 is 0 Å². The lowest BCUT2D eigenvalue weighted by Gasteiger charge is -2.38. The van der Waals surface area contributed by atoms with Gasteiger partial charge in [-0.05, 0) is 19.8 Å². The Bertz CT molecular complexity index is 447. The molecule has 1 saturated carbocycles. The third kappa shape index (κ3) is 2.98. The number of carbonyl (C=O) groups is 1. The fraction of sp³-hybridized carbons (Fsp3) is 0.714. The van der Waals surface area contributed by atoms with Crippen LogP contribution in [0.4, 0.5) is 0 Å². The van der Waals surface area contributed by atoms with Gasteiger partial charge in [-0.1, -0.05) is 6.42 Å². The van der Waals surface area contributed by atoms with Crippen molar-refractivity contribution in [3.05, 3.63) is 16.1 Å². The Kier molecular flexibility index (Phi) is 3.84. The van der Waals surface area contributed by atoms with E-state index in [0.717, 1.165) is 50.6 Å². The number of aromatic nitrogens is 1. The van der Waals surface area contributed by atoms with E-state index in [1.165, 1.54) is 12.1 Å². The molecule has 1 aliphatic carbocycles. The summed E-state index contributed by atoms with van der Waals surface area (Å²) in [4.78, 5) is 21.1. The molecule has 5 heteroatoms. The van der Waals surface area contributed by atoms with Crippen LogP contribution in [0.15, 0.2) is 5.38 Å². The van der Waals surface area contributed by atoms with E-state index in [4.69, 9.17) is 0 Å². The SMILES string of the molecule is Cc1nc(CN2CCN(C(=O)C3CCC3)CC2)cs1. The molecule has 2 fully saturated rings. The molecule has 0 spiro atoms. The number of hydrogen-bond donors (Lipinski definition) is 0. The summed E-state index contributed by atoms with van der Waals surface area (Å²) < 4.78 is 0. The number of rotatable bonds is 3. The molecule has 1 aromatic rings. The van der Waals surface area contributed by atoms with Crippen molar-refractivity contribution < 1.29 is 4.79 Å². The van der Waals surface area contributed by atoms with E-state index in [0.29, 0.717) is 11.8 Å². The zero-order valence-corrected chi connectivity index (χ0v) is 12.3. The van der Waals surface area contributed by atoms with Crippen LogP contribution in [0.3, 0.4) is 0 Å². The predicted molar refractivity (Wildman–Crippen MR) is 76.0 cm³/mol. The minimum atomic E-state index is 0.341. The van der Waals surface area contributed by atoms with Crippen LogP contribution in [0.2, 0.25) is 0 Å². The minimum Gasteiger partial charge on any atom is -0.340 e. The molecule has 1 amide bonds. The number of nitrogens with zero attached hydrogens (tertiary/aromatic N) is 3. The van der Waals surface area contributed by atoms with E-state index in [9.17, 15) is 4.79 Å². The molecule has 104 valence electrons. The van der Waals surface area contributed by atoms with E-state index in [1.54, 1.807) is 11.3 Å². The Morgan fingerprint density at radius 2 is 2.11 bits per heavy atom. The van der Waals surface area contributed by atoms with Gasteiger partial charge in [-0.15, -0.1) is 11.3 Å². The van der Waals surface area contributed by atoms with Crippen LogP contribution in [-0.2, 0) is 11.3 Å². The van der Waals surface area contributed by atoms with E-state index in [1.807, 2.05) is 6.92 Å². The summed E-state index contributed by atoms with van der Waals surface area (Å²) in [7, 11) is 0. The third-order valence-corrected chi connectivity index (χ3v) is 5.01. The Morgan fingerprint density at radius 1 is 1.37 bits per heavy atom. The maximum absolute atomic E-state index is 12.1. The topological polar surface area (TPSA) is 36.4 Å². The van der Waals surface area contributed by atoms with Crippen molar-refractivity contribution in [2.24, 2.45) is 5.92 Å². The molecule has 3 rings (SSSR count). The van der Waals surface area contributed by atoms with Crippen LogP contribution in [0.5, 0.6) is 0 Å². The van der Waals surface area contributed by atoms with Gasteiger partial charge in [0.2, 0.25) is 5.91 Å². The molecule has 0 atom stereocenters. The highest BCUT2D eigenvalue weighted by Crippen LogP contribution is 2.28. The van der Waals surface area contributed by atoms with Crippen molar-refractivity contribution >= 4 is 17.2 Å². The number of piperazine rings is 1. The molecule has 0 N–H and O–H groups in total. The Labute approximate surface area is 118 Å². The second kappa shape index (κ2) is 5.59. The molecule has 0 unspecified atom stereocenters. The maximum atomic E-state index is 12.1. The van der Waals surface area contributed by atoms with Gasteiger partial charge in [-0.25, -0.2) is 4.98 Å². The van der Waals surface area contributed by atoms with Gasteiger partial charge in [0.25, 0.3) is 0 Å². The molecule has 1 aromatic heterocycles. The lowest BCUT2D eigenvalue weighted by atomic mass is 9.84. The Balaban J connectivity index is 1.47. The standard InChI is InChI=1S/C14H21N3OS/c1-11-15-13(10-19-11)9-16-5-7-17(8-6-16)14(18)12-3-2-4-12/h10,12H,2-9H2,1H3. The third-order valence-electron chi connectivity index (χ3n) is 4.19. The second-order valence-electron chi connectivity index (χ2n) is 5.59. The van der Waals surface area contributed by atoms with Gasteiger partial charge < -0.3 is 4.90 Å². The zero-order valence-electron chi connectivity index (χ0n) is 11.5. The van der Waals surface area contributed by atoms with E-state index in [2.05, 4.69) is 20.2 Å². The van der Waals surface area contributed by atoms with Crippen LogP contribution in [0.25, 0.3) is 0 Å². The lowest BCUT2D eigenvalue weighted by molar-refractivity contribution is -0.140. The van der Waals surface area contributed by atoms with Gasteiger partial charge >= 0.3 is 0 Å². The largest absolute Gasteiger partial charge is 0.340 e. The Morgan fingerprint density at radius 3 is 2.63 bits per heavy atom. The minimum absolute atomic E-state index is 0.341. The summed E-state index contributed by atoms with van der Waals surface area (Å²) in [6, 6.07) is 0. The number of amides is 1. The summed E-state index contributed by atoms with van der Waals surface area (Å²) in [5.41, 5.74) is 1.17. The first-order chi connectivity index (χ1) is 9.22. The molecule has 1 aliphatic heterocycles. The van der Waals surface area contributed by atoms with Gasteiger partial charge in [-0.2, -0.15) is 0 Å². The quantitative estimate of drug-likeness (QED) is 0.848. The van der Waals surface area contributed by atoms with E-state index < -0.39 is 0 Å². The number of aryl methyl sites for hydroxylation is 1.